The van der Waals surface area contributed by atoms with E-state index in [1.165, 1.54) is 11.1 Å². The molecule has 13 aliphatic rings. The summed E-state index contributed by atoms with van der Waals surface area (Å²) >= 11 is 0. The summed E-state index contributed by atoms with van der Waals surface area (Å²) in [5, 5.41) is 7.53. The number of aromatic nitrogens is 4. The number of pyridine rings is 2. The van der Waals surface area contributed by atoms with Crippen molar-refractivity contribution in [1.82, 2.24) is 19.9 Å². The fourth-order valence-corrected chi connectivity index (χ4v) is 8.30. The van der Waals surface area contributed by atoms with E-state index < -0.39 is 0 Å². The van der Waals surface area contributed by atoms with Crippen LogP contribution < -0.4 is 0 Å². The van der Waals surface area contributed by atoms with Crippen LogP contribution in [0.25, 0.3) is 0 Å². The summed E-state index contributed by atoms with van der Waals surface area (Å²) in [5.74, 6) is 2.41. The zero-order valence-electron chi connectivity index (χ0n) is 55.5. The van der Waals surface area contributed by atoms with Crippen LogP contribution in [-0.2, 0) is 19.3 Å². The topological polar surface area (TPSA) is 249 Å². The Hall–Kier alpha value is -8.42. The summed E-state index contributed by atoms with van der Waals surface area (Å²) in [4.78, 5) is 73.6. The van der Waals surface area contributed by atoms with E-state index in [1.807, 2.05) is 216 Å². The van der Waals surface area contributed by atoms with Crippen molar-refractivity contribution in [3.63, 3.8) is 0 Å². The van der Waals surface area contributed by atoms with E-state index in [2.05, 4.69) is 112 Å². The number of rotatable bonds is 0. The summed E-state index contributed by atoms with van der Waals surface area (Å²) in [6, 6.07) is 7.79. The monoisotopic (exact) mass is 1200 g/mol. The first-order valence-electron chi connectivity index (χ1n) is 32.1. The minimum absolute atomic E-state index is 0.106. The molecule has 16 rings (SSSR count). The quantitative estimate of drug-likeness (QED) is 0.213. The van der Waals surface area contributed by atoms with Gasteiger partial charge in [-0.05, 0) is 49.1 Å². The van der Waals surface area contributed by atoms with Crippen molar-refractivity contribution >= 4 is 117 Å². The predicted octanol–water partition coefficient (Wildman–Crippen LogP) is 14.8. The molecule has 0 saturated carbocycles. The number of hydrogen-bond acceptors (Lipinski definition) is 20. The van der Waals surface area contributed by atoms with Gasteiger partial charge in [-0.3, -0.25) is 59.9 Å². The highest BCUT2D eigenvalue weighted by Gasteiger charge is 2.25. The molecular formula is C68H102N20. The van der Waals surface area contributed by atoms with Crippen molar-refractivity contribution in [3.05, 3.63) is 90.6 Å². The van der Waals surface area contributed by atoms with Gasteiger partial charge in [0.1, 0.15) is 24.5 Å². The molecule has 20 nitrogen and oxygen atoms in total. The van der Waals surface area contributed by atoms with E-state index in [4.69, 9.17) is 0 Å². The molecule has 0 spiro atoms. The lowest BCUT2D eigenvalue weighted by Gasteiger charge is -2.11. The van der Waals surface area contributed by atoms with Gasteiger partial charge in [-0.2, -0.15) is 10.2 Å². The van der Waals surface area contributed by atoms with Crippen LogP contribution in [0, 0.1) is 17.8 Å². The van der Waals surface area contributed by atoms with Gasteiger partial charge in [0.15, 0.2) is 12.0 Å². The third-order valence-corrected chi connectivity index (χ3v) is 12.3. The second kappa shape index (κ2) is 51.8. The third kappa shape index (κ3) is 28.0. The highest BCUT2D eigenvalue weighted by atomic mass is 15.2. The molecule has 0 aromatic carbocycles. The highest BCUT2D eigenvalue weighted by molar-refractivity contribution is 6.16. The zero-order valence-corrected chi connectivity index (χ0v) is 55.5. The first-order valence-corrected chi connectivity index (χ1v) is 32.1. The number of nitrogens with zero attached hydrogens (tertiary/aromatic N) is 20. The molecule has 0 radical (unpaired) electrons. The standard InChI is InChI=1S/C7H8N2.C7H6N2.C7H8N2.C7H6N2.C6H5N3.3C6H7N3.8C2H6/c1-4-9-7-2-3-8-5-6(1)7;1-3-8-5-7-6(1)2-4-9-7;1-2-6-7(8-4-1)3-5-9-6;1-2-6-3-5-9-7(6)8-4-1;1-2-8-6-3-7-4-9-5(1)6;1-2-8-6-5(1)3-7-4-9-6;1-2-7-6-4-9-8-3-5(1)6;1-2-8-6-5(1)7-3-4-9-6;8*1-2/h2-7H,1H2;1,3-5H,2H2;1-2,4-7H,3H2;1-2,4-5H,3H2;2-4H,1H2;3*2-6H,1H2;8*1-2H3. The normalized spacial score (nSPS) is 23.9. The summed E-state index contributed by atoms with van der Waals surface area (Å²) in [5.41, 5.74) is 5.49. The maximum absolute atomic E-state index is 4.25. The molecule has 88 heavy (non-hydrogen) atoms. The Bertz CT molecular complexity index is 2500. The Labute approximate surface area is 527 Å². The Morgan fingerprint density at radius 3 is 1.69 bits per heavy atom. The molecule has 16 heterocycles. The molecule has 0 fully saturated rings. The Morgan fingerprint density at radius 1 is 0.398 bits per heavy atom. The maximum atomic E-state index is 4.25. The smallest absolute Gasteiger partial charge is 0.161 e. The minimum atomic E-state index is 0.106. The van der Waals surface area contributed by atoms with Crippen LogP contribution in [0.5, 0.6) is 0 Å². The molecule has 0 bridgehead atoms. The molecule has 13 aliphatic heterocycles. The third-order valence-electron chi connectivity index (χ3n) is 12.3. The van der Waals surface area contributed by atoms with Crippen LogP contribution in [-0.4, -0.2) is 162 Å². The van der Waals surface area contributed by atoms with Crippen LogP contribution in [0.2, 0.25) is 0 Å². The second-order valence-electron chi connectivity index (χ2n) is 17.2. The predicted molar refractivity (Wildman–Crippen MR) is 386 cm³/mol. The number of hydrogen-bond donors (Lipinski definition) is 0. The summed E-state index contributed by atoms with van der Waals surface area (Å²) in [6.07, 6.45) is 54.5. The van der Waals surface area contributed by atoms with Crippen LogP contribution in [0.3, 0.4) is 0 Å². The molecular weight excluding hydrogens is 1100 g/mol. The second-order valence-corrected chi connectivity index (χ2v) is 17.2. The Morgan fingerprint density at radius 2 is 0.989 bits per heavy atom. The average molecular weight is 1200 g/mol. The summed E-state index contributed by atoms with van der Waals surface area (Å²) in [7, 11) is 0. The van der Waals surface area contributed by atoms with Gasteiger partial charge < -0.3 is 0 Å². The van der Waals surface area contributed by atoms with Gasteiger partial charge in [-0.1, -0.05) is 123 Å². The molecule has 10 atom stereocenters. The first-order chi connectivity index (χ1) is 43.7. The van der Waals surface area contributed by atoms with Crippen LogP contribution in [0.4, 0.5) is 17.2 Å². The fourth-order valence-electron chi connectivity index (χ4n) is 8.30. The number of fused-ring (bicyclic) bond motifs is 8. The van der Waals surface area contributed by atoms with E-state index in [0.29, 0.717) is 48.0 Å². The van der Waals surface area contributed by atoms with E-state index in [-0.39, 0.29) is 12.3 Å². The van der Waals surface area contributed by atoms with Crippen molar-refractivity contribution in [3.8, 4) is 0 Å². The first kappa shape index (κ1) is 77.6. The van der Waals surface area contributed by atoms with Crippen molar-refractivity contribution in [2.24, 2.45) is 97.9 Å². The van der Waals surface area contributed by atoms with Gasteiger partial charge in [0.25, 0.3) is 0 Å². The Balaban J connectivity index is 0.000000486. The molecule has 20 heteroatoms. The van der Waals surface area contributed by atoms with Crippen molar-refractivity contribution in [2.75, 3.05) is 0 Å². The van der Waals surface area contributed by atoms with Crippen LogP contribution in [0.1, 0.15) is 160 Å². The molecule has 0 N–H and O–H groups in total. The largest absolute Gasteiger partial charge is 0.289 e. The average Bonchev–Trinajstić information content (AvgIpc) is 4.53. The highest BCUT2D eigenvalue weighted by Crippen LogP contribution is 2.23. The van der Waals surface area contributed by atoms with E-state index >= 15 is 0 Å². The molecule has 0 aliphatic carbocycles. The molecule has 3 aromatic rings. The van der Waals surface area contributed by atoms with Crippen molar-refractivity contribution in [1.29, 1.82) is 0 Å². The van der Waals surface area contributed by atoms with Crippen LogP contribution in [0.15, 0.2) is 154 Å². The van der Waals surface area contributed by atoms with Gasteiger partial charge in [0, 0.05) is 161 Å². The van der Waals surface area contributed by atoms with Gasteiger partial charge >= 0.3 is 0 Å². The lowest BCUT2D eigenvalue weighted by Crippen LogP contribution is -2.19. The van der Waals surface area contributed by atoms with Crippen molar-refractivity contribution in [2.45, 2.75) is 205 Å². The summed E-state index contributed by atoms with van der Waals surface area (Å²) in [6.45, 7) is 32.0. The van der Waals surface area contributed by atoms with E-state index in [0.717, 1.165) is 74.3 Å². The van der Waals surface area contributed by atoms with Crippen molar-refractivity contribution < 1.29 is 0 Å². The van der Waals surface area contributed by atoms with Gasteiger partial charge in [0.05, 0.1) is 60.2 Å². The zero-order chi connectivity index (χ0) is 64.8. The minimum Gasteiger partial charge on any atom is -0.289 e. The molecule has 0 amide bonds. The van der Waals surface area contributed by atoms with Gasteiger partial charge in [-0.25, -0.2) is 29.9 Å². The lowest BCUT2D eigenvalue weighted by atomic mass is 10.0. The van der Waals surface area contributed by atoms with E-state index in [1.54, 1.807) is 56.1 Å². The Kier molecular flexibility index (Phi) is 45.6. The number of dihydropyridines is 1. The maximum Gasteiger partial charge on any atom is 0.161 e. The molecule has 474 valence electrons. The number of allylic oxidation sites excluding steroid dienone is 1. The fraction of sp³-hybridized carbons (Fsp3) is 0.500. The number of aliphatic imine (C=N–C) groups is 14. The summed E-state index contributed by atoms with van der Waals surface area (Å²) < 4.78 is 0. The molecule has 0 saturated heterocycles. The van der Waals surface area contributed by atoms with Gasteiger partial charge in [-0.15, -0.1) is 0 Å². The molecule has 3 aromatic heterocycles. The SMILES string of the molecule is C1=CC2N=CCC2C=N1.C1=CC2N=CCC2N=C1.C1=NC2CC=NC2N=C1.C1=NC=NC2N=CCC12.C1=NN=CC2N=CCC12.C1=Nc2cnccc2C1.C1=Nc2cncnc2C1.C1=Nc2ncccc2C1.CC.CC.CC.CC.CC.CC.CC.CC. The van der Waals surface area contributed by atoms with E-state index in [9.17, 15) is 0 Å². The molecule has 10 unspecified atom stereocenters. The van der Waals surface area contributed by atoms with Gasteiger partial charge in [0.2, 0.25) is 0 Å². The lowest BCUT2D eigenvalue weighted by molar-refractivity contribution is 0.599. The van der Waals surface area contributed by atoms with Crippen LogP contribution >= 0.6 is 0 Å².